The standard InChI is InChI=1S/C26H24N6O5S2/c33-32(34)22-6-4-5-20(17-22)18-27-31-25(28-30(26(31)38)19-29-13-15-37-16-14-29)21-9-11-24(12-10-21)39(35,36)23-7-2-1-3-8-23/h1-12,17-18H,13-16,19H2/b27-18+. The van der Waals surface area contributed by atoms with E-state index in [1.54, 1.807) is 59.3 Å². The van der Waals surface area contributed by atoms with Crippen LogP contribution in [0.1, 0.15) is 5.56 Å². The van der Waals surface area contributed by atoms with Crippen molar-refractivity contribution >= 4 is 34.0 Å². The summed E-state index contributed by atoms with van der Waals surface area (Å²) in [6.45, 7) is 3.11. The van der Waals surface area contributed by atoms with E-state index in [-0.39, 0.29) is 15.5 Å². The third-order valence-electron chi connectivity index (χ3n) is 6.14. The third kappa shape index (κ3) is 5.86. The van der Waals surface area contributed by atoms with Crippen molar-refractivity contribution in [2.75, 3.05) is 26.3 Å². The van der Waals surface area contributed by atoms with Gasteiger partial charge >= 0.3 is 0 Å². The molecular weight excluding hydrogens is 540 g/mol. The molecule has 1 aromatic heterocycles. The van der Waals surface area contributed by atoms with E-state index >= 15 is 0 Å². The van der Waals surface area contributed by atoms with Gasteiger partial charge in [0.1, 0.15) is 0 Å². The Kier molecular flexibility index (Phi) is 7.74. The lowest BCUT2D eigenvalue weighted by molar-refractivity contribution is -0.384. The van der Waals surface area contributed by atoms with Crippen LogP contribution in [-0.4, -0.2) is 65.2 Å². The first kappa shape index (κ1) is 26.6. The van der Waals surface area contributed by atoms with Gasteiger partial charge in [0.15, 0.2) is 5.82 Å². The first-order valence-electron chi connectivity index (χ1n) is 12.0. The molecule has 1 fully saturated rings. The Morgan fingerprint density at radius 2 is 1.69 bits per heavy atom. The average molecular weight is 565 g/mol. The van der Waals surface area contributed by atoms with Gasteiger partial charge in [-0.3, -0.25) is 15.0 Å². The number of sulfone groups is 1. The first-order valence-corrected chi connectivity index (χ1v) is 13.9. The second kappa shape index (κ2) is 11.4. The van der Waals surface area contributed by atoms with Gasteiger partial charge in [-0.05, 0) is 48.6 Å². The largest absolute Gasteiger partial charge is 0.379 e. The number of non-ortho nitro benzene ring substituents is 1. The molecule has 0 saturated carbocycles. The molecule has 39 heavy (non-hydrogen) atoms. The van der Waals surface area contributed by atoms with Crippen LogP contribution in [0.2, 0.25) is 0 Å². The molecule has 5 rings (SSSR count). The van der Waals surface area contributed by atoms with Crippen molar-refractivity contribution < 1.29 is 18.1 Å². The molecule has 0 unspecified atom stereocenters. The van der Waals surface area contributed by atoms with E-state index in [0.29, 0.717) is 41.6 Å². The smallest absolute Gasteiger partial charge is 0.270 e. The molecule has 0 spiro atoms. The third-order valence-corrected chi connectivity index (χ3v) is 8.30. The van der Waals surface area contributed by atoms with Gasteiger partial charge in [0.2, 0.25) is 14.6 Å². The molecule has 1 aliphatic rings. The van der Waals surface area contributed by atoms with Crippen LogP contribution in [0.4, 0.5) is 5.69 Å². The molecule has 0 bridgehead atoms. The van der Waals surface area contributed by atoms with Crippen molar-refractivity contribution in [2.45, 2.75) is 16.5 Å². The summed E-state index contributed by atoms with van der Waals surface area (Å²) in [5.41, 5.74) is 1.06. The molecule has 0 radical (unpaired) electrons. The van der Waals surface area contributed by atoms with E-state index in [1.165, 1.54) is 35.2 Å². The van der Waals surface area contributed by atoms with E-state index in [9.17, 15) is 18.5 Å². The Morgan fingerprint density at radius 3 is 2.38 bits per heavy atom. The van der Waals surface area contributed by atoms with Gasteiger partial charge in [-0.2, -0.15) is 9.78 Å². The predicted molar refractivity (Wildman–Crippen MR) is 147 cm³/mol. The fourth-order valence-corrected chi connectivity index (χ4v) is 5.58. The fourth-order valence-electron chi connectivity index (χ4n) is 4.07. The summed E-state index contributed by atoms with van der Waals surface area (Å²) in [7, 11) is -3.68. The minimum Gasteiger partial charge on any atom is -0.379 e. The van der Waals surface area contributed by atoms with Gasteiger partial charge in [0.05, 0.1) is 40.8 Å². The normalized spacial score (nSPS) is 14.6. The molecule has 200 valence electrons. The number of nitrogens with zero attached hydrogens (tertiary/aromatic N) is 6. The number of benzene rings is 3. The van der Waals surface area contributed by atoms with Crippen LogP contribution in [-0.2, 0) is 21.2 Å². The minimum absolute atomic E-state index is 0.0546. The van der Waals surface area contributed by atoms with Crippen LogP contribution in [0.5, 0.6) is 0 Å². The highest BCUT2D eigenvalue weighted by atomic mass is 32.2. The maximum atomic E-state index is 13.0. The topological polar surface area (TPSA) is 125 Å². The zero-order valence-electron chi connectivity index (χ0n) is 20.7. The second-order valence-electron chi connectivity index (χ2n) is 8.73. The monoisotopic (exact) mass is 564 g/mol. The van der Waals surface area contributed by atoms with E-state index in [0.717, 1.165) is 13.1 Å². The van der Waals surface area contributed by atoms with Crippen molar-refractivity contribution in [2.24, 2.45) is 5.10 Å². The molecule has 2 heterocycles. The quantitative estimate of drug-likeness (QED) is 0.136. The number of rotatable bonds is 8. The Balaban J connectivity index is 1.52. The molecule has 4 aromatic rings. The Hall–Kier alpha value is -4.04. The molecule has 11 nitrogen and oxygen atoms in total. The van der Waals surface area contributed by atoms with E-state index in [2.05, 4.69) is 10.0 Å². The van der Waals surface area contributed by atoms with E-state index in [4.69, 9.17) is 22.1 Å². The number of hydrogen-bond acceptors (Lipinski definition) is 9. The number of morpholine rings is 1. The molecule has 0 amide bonds. The molecule has 3 aromatic carbocycles. The van der Waals surface area contributed by atoms with Crippen molar-refractivity contribution in [3.8, 4) is 11.4 Å². The Labute approximate surface area is 229 Å². The van der Waals surface area contributed by atoms with Crippen molar-refractivity contribution in [3.05, 3.63) is 99.3 Å². The molecule has 1 aliphatic heterocycles. The lowest BCUT2D eigenvalue weighted by Gasteiger charge is -2.25. The number of nitro groups is 1. The first-order chi connectivity index (χ1) is 18.8. The molecule has 13 heteroatoms. The fraction of sp³-hybridized carbons (Fsp3) is 0.192. The summed E-state index contributed by atoms with van der Waals surface area (Å²) in [6, 6.07) is 20.7. The molecule has 1 saturated heterocycles. The van der Waals surface area contributed by atoms with Gasteiger partial charge in [0, 0.05) is 36.3 Å². The second-order valence-corrected chi connectivity index (χ2v) is 11.0. The van der Waals surface area contributed by atoms with Crippen LogP contribution >= 0.6 is 12.2 Å². The van der Waals surface area contributed by atoms with E-state index < -0.39 is 14.8 Å². The van der Waals surface area contributed by atoms with Gasteiger partial charge in [-0.25, -0.2) is 13.1 Å². The molecule has 0 aliphatic carbocycles. The highest BCUT2D eigenvalue weighted by Gasteiger charge is 2.20. The maximum absolute atomic E-state index is 13.0. The summed E-state index contributed by atoms with van der Waals surface area (Å²) in [5, 5.41) is 20.4. The van der Waals surface area contributed by atoms with Gasteiger partial charge in [0.25, 0.3) is 5.69 Å². The summed E-state index contributed by atoms with van der Waals surface area (Å²) >= 11 is 5.70. The zero-order valence-corrected chi connectivity index (χ0v) is 22.3. The maximum Gasteiger partial charge on any atom is 0.270 e. The SMILES string of the molecule is O=[N+]([O-])c1cccc(/C=N/n2c(-c3ccc(S(=O)(=O)c4ccccc4)cc3)nn(CN3CCOCC3)c2=S)c1. The van der Waals surface area contributed by atoms with E-state index in [1.807, 2.05) is 0 Å². The van der Waals surface area contributed by atoms with Gasteiger partial charge in [-0.15, -0.1) is 5.10 Å². The lowest BCUT2D eigenvalue weighted by Crippen LogP contribution is -2.37. The zero-order chi connectivity index (χ0) is 27.4. The van der Waals surface area contributed by atoms with Crippen molar-refractivity contribution in [1.29, 1.82) is 0 Å². The van der Waals surface area contributed by atoms with Crippen LogP contribution in [0, 0.1) is 14.9 Å². The molecule has 0 atom stereocenters. The highest BCUT2D eigenvalue weighted by molar-refractivity contribution is 7.91. The summed E-state index contributed by atoms with van der Waals surface area (Å²) in [5.74, 6) is 0.401. The predicted octanol–water partition coefficient (Wildman–Crippen LogP) is 3.99. The van der Waals surface area contributed by atoms with Crippen LogP contribution in [0.25, 0.3) is 11.4 Å². The minimum atomic E-state index is -3.68. The summed E-state index contributed by atoms with van der Waals surface area (Å²) in [4.78, 5) is 13.2. The molecule has 0 N–H and O–H groups in total. The van der Waals surface area contributed by atoms with Gasteiger partial charge in [-0.1, -0.05) is 30.3 Å². The Bertz CT molecular complexity index is 1680. The van der Waals surface area contributed by atoms with Crippen LogP contribution in [0.15, 0.2) is 93.8 Å². The highest BCUT2D eigenvalue weighted by Crippen LogP contribution is 2.25. The number of ether oxygens (including phenoxy) is 1. The van der Waals surface area contributed by atoms with Crippen LogP contribution in [0.3, 0.4) is 0 Å². The summed E-state index contributed by atoms with van der Waals surface area (Å²) in [6.07, 6.45) is 1.47. The van der Waals surface area contributed by atoms with Gasteiger partial charge < -0.3 is 4.74 Å². The number of nitro benzene ring substituents is 1. The van der Waals surface area contributed by atoms with Crippen molar-refractivity contribution in [3.63, 3.8) is 0 Å². The average Bonchev–Trinajstić information content (AvgIpc) is 3.27. The lowest BCUT2D eigenvalue weighted by atomic mass is 10.2. The summed E-state index contributed by atoms with van der Waals surface area (Å²) < 4.78 is 34.9. The Morgan fingerprint density at radius 1 is 1.00 bits per heavy atom. The number of hydrogen-bond donors (Lipinski definition) is 0. The molecular formula is C26H24N6O5S2. The van der Waals surface area contributed by atoms with Crippen molar-refractivity contribution in [1.82, 2.24) is 19.4 Å². The van der Waals surface area contributed by atoms with Crippen LogP contribution < -0.4 is 0 Å². The number of aromatic nitrogens is 3.